The number of carbonyl (C=O) groups is 1. The minimum Gasteiger partial charge on any atom is -0.493 e. The molecule has 3 rings (SSSR count). The van der Waals surface area contributed by atoms with Gasteiger partial charge in [0.15, 0.2) is 11.5 Å². The van der Waals surface area contributed by atoms with E-state index >= 15 is 0 Å². The SMILES string of the molecule is COc1cc2c(cc1OC)CCN(Cc1ccc(C(=O)O)c(Cl)c1)CC2. The summed E-state index contributed by atoms with van der Waals surface area (Å²) in [6, 6.07) is 9.28. The number of carboxylic acids is 1. The van der Waals surface area contributed by atoms with Crippen LogP contribution in [0, 0.1) is 0 Å². The zero-order valence-corrected chi connectivity index (χ0v) is 15.7. The molecule has 0 aromatic heterocycles. The first kappa shape index (κ1) is 18.5. The monoisotopic (exact) mass is 375 g/mol. The van der Waals surface area contributed by atoms with Gasteiger partial charge in [0.2, 0.25) is 0 Å². The average Bonchev–Trinajstić information content (AvgIpc) is 2.82. The molecule has 1 aliphatic rings. The van der Waals surface area contributed by atoms with Crippen LogP contribution in [0.15, 0.2) is 30.3 Å². The fourth-order valence-corrected chi connectivity index (χ4v) is 3.63. The highest BCUT2D eigenvalue weighted by Crippen LogP contribution is 2.32. The summed E-state index contributed by atoms with van der Waals surface area (Å²) in [5, 5.41) is 9.37. The molecule has 1 heterocycles. The first-order valence-corrected chi connectivity index (χ1v) is 8.87. The van der Waals surface area contributed by atoms with E-state index in [1.54, 1.807) is 26.4 Å². The largest absolute Gasteiger partial charge is 0.493 e. The summed E-state index contributed by atoms with van der Waals surface area (Å²) in [5.41, 5.74) is 3.72. The Labute approximate surface area is 158 Å². The van der Waals surface area contributed by atoms with Gasteiger partial charge in [0.1, 0.15) is 0 Å². The molecule has 26 heavy (non-hydrogen) atoms. The van der Waals surface area contributed by atoms with E-state index < -0.39 is 5.97 Å². The van der Waals surface area contributed by atoms with Gasteiger partial charge in [0.25, 0.3) is 0 Å². The fraction of sp³-hybridized carbons (Fsp3) is 0.350. The van der Waals surface area contributed by atoms with E-state index in [0.717, 1.165) is 49.5 Å². The highest BCUT2D eigenvalue weighted by atomic mass is 35.5. The maximum absolute atomic E-state index is 11.1. The number of hydrogen-bond donors (Lipinski definition) is 1. The van der Waals surface area contributed by atoms with Crippen molar-refractivity contribution in [3.8, 4) is 11.5 Å². The number of hydrogen-bond acceptors (Lipinski definition) is 4. The molecule has 0 saturated heterocycles. The normalized spacial score (nSPS) is 14.4. The van der Waals surface area contributed by atoms with E-state index in [0.29, 0.717) is 0 Å². The summed E-state index contributed by atoms with van der Waals surface area (Å²) in [5.74, 6) is 0.515. The lowest BCUT2D eigenvalue weighted by molar-refractivity contribution is 0.0697. The zero-order chi connectivity index (χ0) is 18.7. The number of fused-ring (bicyclic) bond motifs is 1. The molecule has 0 aliphatic carbocycles. The molecule has 0 unspecified atom stereocenters. The topological polar surface area (TPSA) is 59.0 Å². The van der Waals surface area contributed by atoms with Gasteiger partial charge in [0.05, 0.1) is 24.8 Å². The average molecular weight is 376 g/mol. The molecule has 0 bridgehead atoms. The molecule has 0 fully saturated rings. The van der Waals surface area contributed by atoms with E-state index in [1.165, 1.54) is 11.1 Å². The Kier molecular flexibility index (Phi) is 5.69. The number of aromatic carboxylic acids is 1. The van der Waals surface area contributed by atoms with Crippen LogP contribution in [0.1, 0.15) is 27.0 Å². The Morgan fingerprint density at radius 2 is 1.65 bits per heavy atom. The smallest absolute Gasteiger partial charge is 0.337 e. The van der Waals surface area contributed by atoms with Crippen molar-refractivity contribution in [2.24, 2.45) is 0 Å². The molecule has 1 aliphatic heterocycles. The Hall–Kier alpha value is -2.24. The van der Waals surface area contributed by atoms with Gasteiger partial charge in [-0.05, 0) is 53.8 Å². The molecule has 0 atom stereocenters. The van der Waals surface area contributed by atoms with Crippen molar-refractivity contribution >= 4 is 17.6 Å². The van der Waals surface area contributed by atoms with Crippen LogP contribution in [0.2, 0.25) is 5.02 Å². The molecule has 0 spiro atoms. The fourth-order valence-electron chi connectivity index (χ4n) is 3.34. The van der Waals surface area contributed by atoms with Crippen molar-refractivity contribution in [1.29, 1.82) is 0 Å². The summed E-state index contributed by atoms with van der Waals surface area (Å²) in [4.78, 5) is 13.4. The van der Waals surface area contributed by atoms with Crippen LogP contribution in [0.25, 0.3) is 0 Å². The number of halogens is 1. The van der Waals surface area contributed by atoms with Gasteiger partial charge in [-0.25, -0.2) is 4.79 Å². The Morgan fingerprint density at radius 1 is 1.08 bits per heavy atom. The lowest BCUT2D eigenvalue weighted by atomic mass is 10.0. The Morgan fingerprint density at radius 3 is 2.12 bits per heavy atom. The quantitative estimate of drug-likeness (QED) is 0.864. The molecule has 1 N–H and O–H groups in total. The van der Waals surface area contributed by atoms with Crippen LogP contribution in [0.4, 0.5) is 0 Å². The van der Waals surface area contributed by atoms with Crippen molar-refractivity contribution in [2.75, 3.05) is 27.3 Å². The standard InChI is InChI=1S/C20H22ClNO4/c1-25-18-10-14-5-7-22(8-6-15(14)11-19(18)26-2)12-13-3-4-16(20(23)24)17(21)9-13/h3-4,9-11H,5-8,12H2,1-2H3,(H,23,24). The number of benzene rings is 2. The van der Waals surface area contributed by atoms with E-state index in [-0.39, 0.29) is 10.6 Å². The number of methoxy groups -OCH3 is 2. The molecular formula is C20H22ClNO4. The van der Waals surface area contributed by atoms with Crippen LogP contribution < -0.4 is 9.47 Å². The summed E-state index contributed by atoms with van der Waals surface area (Å²) in [6.07, 6.45) is 1.85. The van der Waals surface area contributed by atoms with Crippen molar-refractivity contribution in [3.05, 3.63) is 57.6 Å². The third-order valence-corrected chi connectivity index (χ3v) is 5.08. The van der Waals surface area contributed by atoms with E-state index in [9.17, 15) is 4.79 Å². The number of carboxylic acid groups (broad SMARTS) is 1. The highest BCUT2D eigenvalue weighted by Gasteiger charge is 2.18. The molecular weight excluding hydrogens is 354 g/mol. The van der Waals surface area contributed by atoms with Gasteiger partial charge in [-0.1, -0.05) is 17.7 Å². The third-order valence-electron chi connectivity index (χ3n) is 4.77. The van der Waals surface area contributed by atoms with Crippen molar-refractivity contribution in [1.82, 2.24) is 4.90 Å². The minimum absolute atomic E-state index is 0.137. The van der Waals surface area contributed by atoms with Crippen molar-refractivity contribution in [3.63, 3.8) is 0 Å². The van der Waals surface area contributed by atoms with E-state index in [4.69, 9.17) is 26.2 Å². The second-order valence-electron chi connectivity index (χ2n) is 6.37. The van der Waals surface area contributed by atoms with Crippen LogP contribution in [-0.2, 0) is 19.4 Å². The van der Waals surface area contributed by atoms with Gasteiger partial charge < -0.3 is 14.6 Å². The lowest BCUT2D eigenvalue weighted by Gasteiger charge is -2.20. The predicted molar refractivity (Wildman–Crippen MR) is 101 cm³/mol. The molecule has 0 saturated carbocycles. The van der Waals surface area contributed by atoms with Crippen molar-refractivity contribution in [2.45, 2.75) is 19.4 Å². The molecule has 2 aromatic carbocycles. The Bertz CT molecular complexity index is 787. The van der Waals surface area contributed by atoms with E-state index in [2.05, 4.69) is 17.0 Å². The van der Waals surface area contributed by atoms with Gasteiger partial charge in [0, 0.05) is 19.6 Å². The molecule has 0 amide bonds. The summed E-state index contributed by atoms with van der Waals surface area (Å²) >= 11 is 6.09. The zero-order valence-electron chi connectivity index (χ0n) is 14.9. The minimum atomic E-state index is -1.00. The lowest BCUT2D eigenvalue weighted by Crippen LogP contribution is -2.26. The van der Waals surface area contributed by atoms with Crippen LogP contribution in [0.5, 0.6) is 11.5 Å². The van der Waals surface area contributed by atoms with Gasteiger partial charge >= 0.3 is 5.97 Å². The van der Waals surface area contributed by atoms with Gasteiger partial charge in [-0.3, -0.25) is 4.90 Å². The number of ether oxygens (including phenoxy) is 2. The van der Waals surface area contributed by atoms with Crippen LogP contribution in [0.3, 0.4) is 0 Å². The van der Waals surface area contributed by atoms with E-state index in [1.807, 2.05) is 6.07 Å². The molecule has 138 valence electrons. The maximum atomic E-state index is 11.1. The molecule has 0 radical (unpaired) electrons. The molecule has 2 aromatic rings. The van der Waals surface area contributed by atoms with Crippen molar-refractivity contribution < 1.29 is 19.4 Å². The third kappa shape index (κ3) is 3.94. The first-order valence-electron chi connectivity index (χ1n) is 8.49. The number of nitrogens with zero attached hydrogens (tertiary/aromatic N) is 1. The number of rotatable bonds is 5. The molecule has 5 nitrogen and oxygen atoms in total. The predicted octanol–water partition coefficient (Wildman–Crippen LogP) is 3.66. The van der Waals surface area contributed by atoms with Gasteiger partial charge in [-0.15, -0.1) is 0 Å². The van der Waals surface area contributed by atoms with Gasteiger partial charge in [-0.2, -0.15) is 0 Å². The maximum Gasteiger partial charge on any atom is 0.337 e. The molecule has 6 heteroatoms. The van der Waals surface area contributed by atoms with Crippen LogP contribution in [-0.4, -0.2) is 43.3 Å². The highest BCUT2D eigenvalue weighted by molar-refractivity contribution is 6.33. The first-order chi connectivity index (χ1) is 12.5. The second-order valence-corrected chi connectivity index (χ2v) is 6.78. The van der Waals surface area contributed by atoms with Crippen LogP contribution >= 0.6 is 11.6 Å². The Balaban J connectivity index is 1.73. The summed E-state index contributed by atoms with van der Waals surface area (Å²) in [6.45, 7) is 2.57. The summed E-state index contributed by atoms with van der Waals surface area (Å²) in [7, 11) is 3.30. The second kappa shape index (κ2) is 7.98. The summed E-state index contributed by atoms with van der Waals surface area (Å²) < 4.78 is 10.8.